The lowest BCUT2D eigenvalue weighted by molar-refractivity contribution is 0.0642. The van der Waals surface area contributed by atoms with Crippen LogP contribution in [0.4, 0.5) is 0 Å². The summed E-state index contributed by atoms with van der Waals surface area (Å²) in [6, 6.07) is 22.1. The minimum Gasteiger partial charge on any atom is -0.328 e. The van der Waals surface area contributed by atoms with Crippen LogP contribution in [0.15, 0.2) is 83.6 Å². The number of nitrogens with zero attached hydrogens (tertiary/aromatic N) is 2. The highest BCUT2D eigenvalue weighted by molar-refractivity contribution is 7.10. The van der Waals surface area contributed by atoms with Crippen molar-refractivity contribution in [3.8, 4) is 0 Å². The molecule has 3 amide bonds. The van der Waals surface area contributed by atoms with Crippen LogP contribution in [-0.2, 0) is 19.6 Å². The van der Waals surface area contributed by atoms with Crippen LogP contribution >= 0.6 is 22.7 Å². The SMILES string of the molecule is O=C(c1cccc(CN2C(=O)c3ccccc3C2=O)c1)N(Cc1cccs1)Cc1cccs1. The van der Waals surface area contributed by atoms with Gasteiger partial charge in [0.25, 0.3) is 17.7 Å². The first-order valence-electron chi connectivity index (χ1n) is 10.5. The largest absolute Gasteiger partial charge is 0.328 e. The molecule has 0 N–H and O–H groups in total. The monoisotopic (exact) mass is 472 g/mol. The van der Waals surface area contributed by atoms with Crippen LogP contribution in [-0.4, -0.2) is 27.5 Å². The third-order valence-electron chi connectivity index (χ3n) is 5.53. The Morgan fingerprint density at radius 1 is 0.758 bits per heavy atom. The molecule has 33 heavy (non-hydrogen) atoms. The van der Waals surface area contributed by atoms with Crippen LogP contribution in [0.3, 0.4) is 0 Å². The second-order valence-corrected chi connectivity index (χ2v) is 9.83. The third-order valence-corrected chi connectivity index (χ3v) is 7.26. The maximum atomic E-state index is 13.5. The predicted molar refractivity (Wildman–Crippen MR) is 129 cm³/mol. The summed E-state index contributed by atoms with van der Waals surface area (Å²) in [6.07, 6.45) is 0. The molecule has 0 saturated heterocycles. The van der Waals surface area contributed by atoms with E-state index in [9.17, 15) is 14.4 Å². The van der Waals surface area contributed by atoms with Gasteiger partial charge in [-0.1, -0.05) is 36.4 Å². The Morgan fingerprint density at radius 2 is 1.36 bits per heavy atom. The van der Waals surface area contributed by atoms with Crippen molar-refractivity contribution in [1.82, 2.24) is 9.80 Å². The number of carbonyl (C=O) groups is 3. The topological polar surface area (TPSA) is 57.7 Å². The normalized spacial score (nSPS) is 12.8. The quantitative estimate of drug-likeness (QED) is 0.336. The lowest BCUT2D eigenvalue weighted by Gasteiger charge is -2.22. The average molecular weight is 473 g/mol. The maximum absolute atomic E-state index is 13.5. The summed E-state index contributed by atoms with van der Waals surface area (Å²) in [5.41, 5.74) is 2.13. The van der Waals surface area contributed by atoms with E-state index < -0.39 is 0 Å². The number of hydrogen-bond acceptors (Lipinski definition) is 5. The van der Waals surface area contributed by atoms with Crippen LogP contribution < -0.4 is 0 Å². The molecule has 2 aromatic carbocycles. The van der Waals surface area contributed by atoms with Crippen molar-refractivity contribution in [3.05, 3.63) is 116 Å². The Labute approximate surface area is 199 Å². The zero-order valence-electron chi connectivity index (χ0n) is 17.6. The molecule has 5 nitrogen and oxygen atoms in total. The van der Waals surface area contributed by atoms with E-state index in [-0.39, 0.29) is 24.3 Å². The maximum Gasteiger partial charge on any atom is 0.261 e. The van der Waals surface area contributed by atoms with Crippen molar-refractivity contribution in [3.63, 3.8) is 0 Å². The fourth-order valence-electron chi connectivity index (χ4n) is 3.93. The summed E-state index contributed by atoms with van der Waals surface area (Å²) in [7, 11) is 0. The smallest absolute Gasteiger partial charge is 0.261 e. The molecule has 0 atom stereocenters. The van der Waals surface area contributed by atoms with Crippen molar-refractivity contribution >= 4 is 40.4 Å². The predicted octanol–water partition coefficient (Wildman–Crippen LogP) is 5.45. The zero-order chi connectivity index (χ0) is 22.8. The summed E-state index contributed by atoms with van der Waals surface area (Å²) in [5.74, 6) is -0.685. The van der Waals surface area contributed by atoms with Gasteiger partial charge in [0, 0.05) is 15.3 Å². The number of benzene rings is 2. The fourth-order valence-corrected chi connectivity index (χ4v) is 5.37. The molecule has 7 heteroatoms. The highest BCUT2D eigenvalue weighted by Crippen LogP contribution is 2.25. The molecule has 4 aromatic rings. The summed E-state index contributed by atoms with van der Waals surface area (Å²) in [5, 5.41) is 4.01. The first-order valence-corrected chi connectivity index (χ1v) is 12.2. The van der Waals surface area contributed by atoms with E-state index in [1.54, 1.807) is 65.1 Å². The van der Waals surface area contributed by atoms with E-state index in [0.717, 1.165) is 15.3 Å². The van der Waals surface area contributed by atoms with Gasteiger partial charge >= 0.3 is 0 Å². The summed E-state index contributed by atoms with van der Waals surface area (Å²) < 4.78 is 0. The molecule has 0 radical (unpaired) electrons. The first-order chi connectivity index (χ1) is 16.1. The van der Waals surface area contributed by atoms with Crippen LogP contribution in [0.1, 0.15) is 46.4 Å². The molecule has 1 aliphatic heterocycles. The third kappa shape index (κ3) is 4.37. The fraction of sp³-hybridized carbons (Fsp3) is 0.115. The highest BCUT2D eigenvalue weighted by Gasteiger charge is 2.35. The van der Waals surface area contributed by atoms with Gasteiger partial charge in [-0.25, -0.2) is 0 Å². The van der Waals surface area contributed by atoms with Gasteiger partial charge in [0.05, 0.1) is 30.8 Å². The van der Waals surface area contributed by atoms with Crippen LogP contribution in [0.5, 0.6) is 0 Å². The number of amides is 3. The van der Waals surface area contributed by atoms with Crippen molar-refractivity contribution < 1.29 is 14.4 Å². The molecule has 0 bridgehead atoms. The van der Waals surface area contributed by atoms with Gasteiger partial charge in [-0.2, -0.15) is 0 Å². The summed E-state index contributed by atoms with van der Waals surface area (Å²) >= 11 is 3.25. The van der Waals surface area contributed by atoms with Crippen LogP contribution in [0.2, 0.25) is 0 Å². The van der Waals surface area contributed by atoms with Crippen LogP contribution in [0.25, 0.3) is 0 Å². The van der Waals surface area contributed by atoms with Gasteiger partial charge < -0.3 is 4.90 Å². The first kappa shape index (κ1) is 21.3. The van der Waals surface area contributed by atoms with Gasteiger partial charge in [0.1, 0.15) is 0 Å². The van der Waals surface area contributed by atoms with E-state index in [1.165, 1.54) is 4.90 Å². The molecular weight excluding hydrogens is 452 g/mol. The molecular formula is C26H20N2O3S2. The number of imide groups is 1. The summed E-state index contributed by atoms with van der Waals surface area (Å²) in [6.45, 7) is 1.18. The molecule has 1 aliphatic rings. The second kappa shape index (κ2) is 9.13. The molecule has 5 rings (SSSR count). The molecule has 0 fully saturated rings. The second-order valence-electron chi connectivity index (χ2n) is 7.76. The molecule has 0 aliphatic carbocycles. The van der Waals surface area contributed by atoms with Crippen molar-refractivity contribution in [1.29, 1.82) is 0 Å². The lowest BCUT2D eigenvalue weighted by atomic mass is 10.1. The van der Waals surface area contributed by atoms with E-state index in [4.69, 9.17) is 0 Å². The molecule has 0 saturated carbocycles. The van der Waals surface area contributed by atoms with Crippen molar-refractivity contribution in [2.75, 3.05) is 0 Å². The molecule has 0 unspecified atom stereocenters. The van der Waals surface area contributed by atoms with E-state index >= 15 is 0 Å². The Hall–Kier alpha value is -3.55. The van der Waals surface area contributed by atoms with Gasteiger partial charge in [0.2, 0.25) is 0 Å². The number of rotatable bonds is 7. The van der Waals surface area contributed by atoms with Gasteiger partial charge in [-0.05, 0) is 52.7 Å². The van der Waals surface area contributed by atoms with Crippen LogP contribution in [0, 0.1) is 0 Å². The molecule has 164 valence electrons. The lowest BCUT2D eigenvalue weighted by Crippen LogP contribution is -2.30. The Balaban J connectivity index is 1.37. The number of hydrogen-bond donors (Lipinski definition) is 0. The average Bonchev–Trinajstić information content (AvgIpc) is 3.59. The number of thiophene rings is 2. The highest BCUT2D eigenvalue weighted by atomic mass is 32.1. The molecule has 2 aromatic heterocycles. The minimum absolute atomic E-state index is 0.0824. The van der Waals surface area contributed by atoms with Gasteiger partial charge in [-0.3, -0.25) is 19.3 Å². The van der Waals surface area contributed by atoms with Crippen molar-refractivity contribution in [2.45, 2.75) is 19.6 Å². The zero-order valence-corrected chi connectivity index (χ0v) is 19.3. The number of carbonyl (C=O) groups excluding carboxylic acids is 3. The Bertz CT molecular complexity index is 1240. The Morgan fingerprint density at radius 3 is 1.91 bits per heavy atom. The summed E-state index contributed by atoms with van der Waals surface area (Å²) in [4.78, 5) is 44.2. The van der Waals surface area contributed by atoms with E-state index in [2.05, 4.69) is 0 Å². The van der Waals surface area contributed by atoms with E-state index in [1.807, 2.05) is 46.0 Å². The van der Waals surface area contributed by atoms with Crippen molar-refractivity contribution in [2.24, 2.45) is 0 Å². The Kier molecular flexibility index (Phi) is 5.90. The van der Waals surface area contributed by atoms with Gasteiger partial charge in [0.15, 0.2) is 0 Å². The van der Waals surface area contributed by atoms with E-state index in [0.29, 0.717) is 29.8 Å². The molecule has 3 heterocycles. The molecule has 0 spiro atoms. The van der Waals surface area contributed by atoms with Gasteiger partial charge in [-0.15, -0.1) is 22.7 Å². The standard InChI is InChI=1S/C26H20N2O3S2/c29-24(27(16-20-8-4-12-32-20)17-21-9-5-13-33-21)19-7-3-6-18(14-19)15-28-25(30)22-10-1-2-11-23(22)26(28)31/h1-14H,15-17H2. The minimum atomic E-state index is -0.302. The number of fused-ring (bicyclic) bond motifs is 1.